The number of hydrogen-bond acceptors (Lipinski definition) is 7. The Hall–Kier alpha value is -2.14. The van der Waals surface area contributed by atoms with Crippen molar-refractivity contribution in [1.29, 1.82) is 0 Å². The van der Waals surface area contributed by atoms with E-state index in [1.54, 1.807) is 36.2 Å². The molecule has 1 amide bonds. The lowest BCUT2D eigenvalue weighted by Gasteiger charge is -2.32. The molecule has 8 nitrogen and oxygen atoms in total. The first-order chi connectivity index (χ1) is 15.4. The van der Waals surface area contributed by atoms with Gasteiger partial charge in [0.25, 0.3) is 0 Å². The van der Waals surface area contributed by atoms with Crippen LogP contribution in [0.1, 0.15) is 18.9 Å². The molecule has 3 rings (SSSR count). The molecule has 1 aliphatic rings. The number of sulfonamides is 1. The summed E-state index contributed by atoms with van der Waals surface area (Å²) < 4.78 is 33.5. The van der Waals surface area contributed by atoms with Crippen LogP contribution in [0.25, 0.3) is 0 Å². The van der Waals surface area contributed by atoms with Gasteiger partial charge < -0.3 is 15.0 Å². The highest BCUT2D eigenvalue weighted by Crippen LogP contribution is 2.16. The minimum atomic E-state index is -3.79. The van der Waals surface area contributed by atoms with Crippen LogP contribution in [0.4, 0.5) is 5.82 Å². The predicted octanol–water partition coefficient (Wildman–Crippen LogP) is 2.02. The van der Waals surface area contributed by atoms with Crippen LogP contribution in [-0.2, 0) is 26.1 Å². The van der Waals surface area contributed by atoms with Crippen molar-refractivity contribution in [2.24, 2.45) is 0 Å². The van der Waals surface area contributed by atoms with Gasteiger partial charge in [-0.3, -0.25) is 4.79 Å². The number of aromatic nitrogens is 1. The van der Waals surface area contributed by atoms with Crippen LogP contribution in [-0.4, -0.2) is 63.2 Å². The van der Waals surface area contributed by atoms with Crippen molar-refractivity contribution in [1.82, 2.24) is 15.0 Å². The second kappa shape index (κ2) is 11.6. The molecule has 1 aromatic heterocycles. The lowest BCUT2D eigenvalue weighted by molar-refractivity contribution is -0.122. The number of benzene rings is 1. The third-order valence-electron chi connectivity index (χ3n) is 5.12. The molecule has 10 heteroatoms. The monoisotopic (exact) mass is 478 g/mol. The van der Waals surface area contributed by atoms with Gasteiger partial charge in [0.2, 0.25) is 15.9 Å². The van der Waals surface area contributed by atoms with Crippen LogP contribution in [0.2, 0.25) is 0 Å². The van der Waals surface area contributed by atoms with Gasteiger partial charge in [-0.15, -0.1) is 0 Å². The standard InChI is InChI=1S/C22H30N4O4S2/c1-17-16-26(11-12-30-17)21-9-8-18(14-23-21)15-24-22(27)20(10-13-31-2)25-32(28,29)19-6-4-3-5-7-19/h3-9,14,17,20,25H,10-13,15-16H2,1-2H3,(H,24,27). The molecular formula is C22H30N4O4S2. The number of thioether (sulfide) groups is 1. The Morgan fingerprint density at radius 1 is 1.28 bits per heavy atom. The summed E-state index contributed by atoms with van der Waals surface area (Å²) in [7, 11) is -3.79. The number of amides is 1. The van der Waals surface area contributed by atoms with Crippen LogP contribution < -0.4 is 14.9 Å². The van der Waals surface area contributed by atoms with E-state index in [2.05, 4.69) is 19.9 Å². The molecule has 0 radical (unpaired) electrons. The van der Waals surface area contributed by atoms with E-state index in [1.807, 2.05) is 25.3 Å². The van der Waals surface area contributed by atoms with Gasteiger partial charge in [0.15, 0.2) is 0 Å². The summed E-state index contributed by atoms with van der Waals surface area (Å²) in [5.41, 5.74) is 0.845. The van der Waals surface area contributed by atoms with Crippen molar-refractivity contribution in [2.75, 3.05) is 36.6 Å². The highest BCUT2D eigenvalue weighted by Gasteiger charge is 2.25. The van der Waals surface area contributed by atoms with Gasteiger partial charge in [0.1, 0.15) is 11.9 Å². The molecule has 1 saturated heterocycles. The zero-order chi connectivity index (χ0) is 23.0. The molecule has 0 saturated carbocycles. The van der Waals surface area contributed by atoms with Crippen molar-refractivity contribution in [3.8, 4) is 0 Å². The third-order valence-corrected chi connectivity index (χ3v) is 7.25. The Balaban J connectivity index is 1.60. The summed E-state index contributed by atoms with van der Waals surface area (Å²) in [4.78, 5) is 19.6. The molecule has 32 heavy (non-hydrogen) atoms. The fourth-order valence-corrected chi connectivity index (χ4v) is 5.10. The normalized spacial score (nSPS) is 17.7. The SMILES string of the molecule is CSCCC(NS(=O)(=O)c1ccccc1)C(=O)NCc1ccc(N2CCOC(C)C2)nc1. The summed E-state index contributed by atoms with van der Waals surface area (Å²) in [6.07, 6.45) is 4.22. The number of pyridine rings is 1. The van der Waals surface area contributed by atoms with Gasteiger partial charge >= 0.3 is 0 Å². The Morgan fingerprint density at radius 2 is 2.06 bits per heavy atom. The summed E-state index contributed by atoms with van der Waals surface area (Å²) in [6, 6.07) is 11.1. The van der Waals surface area contributed by atoms with Gasteiger partial charge in [-0.05, 0) is 49.1 Å². The van der Waals surface area contributed by atoms with E-state index in [4.69, 9.17) is 4.74 Å². The molecule has 1 fully saturated rings. The van der Waals surface area contributed by atoms with Crippen molar-refractivity contribution < 1.29 is 17.9 Å². The van der Waals surface area contributed by atoms with Crippen LogP contribution in [0.3, 0.4) is 0 Å². The number of hydrogen-bond donors (Lipinski definition) is 2. The zero-order valence-electron chi connectivity index (χ0n) is 18.4. The highest BCUT2D eigenvalue weighted by atomic mass is 32.2. The predicted molar refractivity (Wildman–Crippen MR) is 127 cm³/mol. The van der Waals surface area contributed by atoms with E-state index >= 15 is 0 Å². The zero-order valence-corrected chi connectivity index (χ0v) is 20.0. The van der Waals surface area contributed by atoms with E-state index in [0.717, 1.165) is 24.5 Å². The van der Waals surface area contributed by atoms with E-state index < -0.39 is 16.1 Å². The quantitative estimate of drug-likeness (QED) is 0.539. The molecule has 0 bridgehead atoms. The summed E-state index contributed by atoms with van der Waals surface area (Å²) in [5.74, 6) is 1.18. The maximum Gasteiger partial charge on any atom is 0.241 e. The number of nitrogens with one attached hydrogen (secondary N) is 2. The lowest BCUT2D eigenvalue weighted by Crippen LogP contribution is -2.46. The fraction of sp³-hybridized carbons (Fsp3) is 0.455. The van der Waals surface area contributed by atoms with E-state index in [9.17, 15) is 13.2 Å². The molecule has 0 aliphatic carbocycles. The van der Waals surface area contributed by atoms with Crippen LogP contribution >= 0.6 is 11.8 Å². The van der Waals surface area contributed by atoms with Gasteiger partial charge in [0.05, 0.1) is 17.6 Å². The minimum absolute atomic E-state index is 0.138. The highest BCUT2D eigenvalue weighted by molar-refractivity contribution is 7.98. The van der Waals surface area contributed by atoms with Crippen molar-refractivity contribution in [3.05, 3.63) is 54.2 Å². The minimum Gasteiger partial charge on any atom is -0.375 e. The first kappa shape index (κ1) is 24.5. The first-order valence-electron chi connectivity index (χ1n) is 10.5. The van der Waals surface area contributed by atoms with Gasteiger partial charge in [-0.1, -0.05) is 24.3 Å². The van der Waals surface area contributed by atoms with Crippen molar-refractivity contribution in [2.45, 2.75) is 36.9 Å². The van der Waals surface area contributed by atoms with Crippen molar-refractivity contribution >= 4 is 33.5 Å². The topological polar surface area (TPSA) is 101 Å². The molecular weight excluding hydrogens is 448 g/mol. The molecule has 1 aliphatic heterocycles. The first-order valence-corrected chi connectivity index (χ1v) is 13.4. The van der Waals surface area contributed by atoms with Crippen LogP contribution in [0.5, 0.6) is 0 Å². The Kier molecular flexibility index (Phi) is 8.92. The molecule has 2 N–H and O–H groups in total. The number of nitrogens with zero attached hydrogens (tertiary/aromatic N) is 2. The van der Waals surface area contributed by atoms with Crippen LogP contribution in [0, 0.1) is 0 Å². The molecule has 0 spiro atoms. The summed E-state index contributed by atoms with van der Waals surface area (Å²) in [6.45, 7) is 4.58. The lowest BCUT2D eigenvalue weighted by atomic mass is 10.2. The average Bonchev–Trinajstić information content (AvgIpc) is 2.81. The smallest absolute Gasteiger partial charge is 0.241 e. The number of anilines is 1. The van der Waals surface area contributed by atoms with E-state index in [0.29, 0.717) is 18.8 Å². The molecule has 2 aromatic rings. The Morgan fingerprint density at radius 3 is 2.72 bits per heavy atom. The average molecular weight is 479 g/mol. The fourth-order valence-electron chi connectivity index (χ4n) is 3.38. The molecule has 2 heterocycles. The summed E-state index contributed by atoms with van der Waals surface area (Å²) in [5, 5.41) is 2.84. The molecule has 174 valence electrons. The number of morpholine rings is 1. The summed E-state index contributed by atoms with van der Waals surface area (Å²) >= 11 is 1.56. The molecule has 2 atom stereocenters. The second-order valence-electron chi connectivity index (χ2n) is 7.64. The molecule has 1 aromatic carbocycles. The Labute approximate surface area is 194 Å². The maximum atomic E-state index is 12.8. The van der Waals surface area contributed by atoms with Crippen molar-refractivity contribution in [3.63, 3.8) is 0 Å². The van der Waals surface area contributed by atoms with Gasteiger partial charge in [-0.2, -0.15) is 16.5 Å². The molecule has 2 unspecified atom stereocenters. The van der Waals surface area contributed by atoms with Gasteiger partial charge in [0, 0.05) is 25.8 Å². The van der Waals surface area contributed by atoms with Crippen LogP contribution in [0.15, 0.2) is 53.6 Å². The Bertz CT molecular complexity index is 971. The third kappa shape index (κ3) is 6.93. The second-order valence-corrected chi connectivity index (χ2v) is 10.3. The number of carbonyl (C=O) groups excluding carboxylic acids is 1. The van der Waals surface area contributed by atoms with Gasteiger partial charge in [-0.25, -0.2) is 13.4 Å². The number of carbonyl (C=O) groups is 1. The van der Waals surface area contributed by atoms with E-state index in [1.165, 1.54) is 12.1 Å². The largest absolute Gasteiger partial charge is 0.375 e. The maximum absolute atomic E-state index is 12.8. The van der Waals surface area contributed by atoms with E-state index in [-0.39, 0.29) is 23.5 Å². The number of ether oxygens (including phenoxy) is 1. The number of rotatable bonds is 10.